The van der Waals surface area contributed by atoms with Crippen LogP contribution in [0.4, 0.5) is 17.1 Å². The molecule has 136 valence electrons. The fourth-order valence-corrected chi connectivity index (χ4v) is 2.62. The first-order valence-corrected chi connectivity index (χ1v) is 8.17. The highest BCUT2D eigenvalue weighted by atomic mass is 16.6. The first kappa shape index (κ1) is 19.0. The number of non-ortho nitro benzene ring substituents is 1. The monoisotopic (exact) mass is 357 g/mol. The van der Waals surface area contributed by atoms with Crippen molar-refractivity contribution in [3.8, 4) is 0 Å². The van der Waals surface area contributed by atoms with E-state index in [0.29, 0.717) is 12.2 Å². The van der Waals surface area contributed by atoms with Crippen LogP contribution in [0.5, 0.6) is 0 Å². The number of nitrogens with zero attached hydrogens (tertiary/aromatic N) is 3. The van der Waals surface area contributed by atoms with E-state index in [2.05, 4.69) is 0 Å². The van der Waals surface area contributed by atoms with Crippen LogP contribution in [-0.4, -0.2) is 22.3 Å². The molecule has 1 amide bonds. The Morgan fingerprint density at radius 2 is 1.73 bits per heavy atom. The van der Waals surface area contributed by atoms with E-state index in [1.807, 2.05) is 13.0 Å². The second-order valence-corrected chi connectivity index (χ2v) is 5.80. The predicted molar refractivity (Wildman–Crippen MR) is 97.5 cm³/mol. The number of nitro benzene ring substituents is 2. The number of unbranched alkanes of at least 4 members (excludes halogenated alkanes) is 1. The molecule has 0 saturated heterocycles. The molecule has 2 aromatic carbocycles. The Morgan fingerprint density at radius 3 is 2.27 bits per heavy atom. The lowest BCUT2D eigenvalue weighted by molar-refractivity contribution is -0.394. The highest BCUT2D eigenvalue weighted by molar-refractivity contribution is 6.08. The topological polar surface area (TPSA) is 107 Å². The molecule has 2 rings (SSSR count). The average Bonchev–Trinajstić information content (AvgIpc) is 2.62. The maximum Gasteiger partial charge on any atom is 0.279 e. The molecule has 0 aliphatic carbocycles. The van der Waals surface area contributed by atoms with Crippen molar-refractivity contribution in [2.75, 3.05) is 11.4 Å². The highest BCUT2D eigenvalue weighted by Gasteiger charge is 2.27. The number of carbonyl (C=O) groups is 1. The summed E-state index contributed by atoms with van der Waals surface area (Å²) in [6.07, 6.45) is 1.58. The number of carbonyl (C=O) groups excluding carboxylic acids is 1. The van der Waals surface area contributed by atoms with Crippen molar-refractivity contribution in [3.05, 3.63) is 73.8 Å². The predicted octanol–water partition coefficient (Wildman–Crippen LogP) is 4.26. The summed E-state index contributed by atoms with van der Waals surface area (Å²) in [5.74, 6) is -0.492. The fourth-order valence-electron chi connectivity index (χ4n) is 2.62. The van der Waals surface area contributed by atoms with Gasteiger partial charge in [0.05, 0.1) is 21.5 Å². The van der Waals surface area contributed by atoms with Gasteiger partial charge in [-0.15, -0.1) is 0 Å². The van der Waals surface area contributed by atoms with E-state index in [0.717, 1.165) is 25.0 Å². The van der Waals surface area contributed by atoms with Gasteiger partial charge in [-0.1, -0.05) is 31.5 Å². The molecule has 0 radical (unpaired) electrons. The summed E-state index contributed by atoms with van der Waals surface area (Å²) >= 11 is 0. The fraction of sp³-hybridized carbons (Fsp3) is 0.278. The van der Waals surface area contributed by atoms with Gasteiger partial charge in [-0.25, -0.2) is 0 Å². The summed E-state index contributed by atoms with van der Waals surface area (Å²) in [5.41, 5.74) is -0.200. The third kappa shape index (κ3) is 4.02. The number of anilines is 1. The van der Waals surface area contributed by atoms with Gasteiger partial charge in [0.25, 0.3) is 17.3 Å². The zero-order valence-corrected chi connectivity index (χ0v) is 14.5. The van der Waals surface area contributed by atoms with Crippen LogP contribution < -0.4 is 4.90 Å². The molecule has 2 aromatic rings. The Kier molecular flexibility index (Phi) is 6.00. The Morgan fingerprint density at radius 1 is 1.08 bits per heavy atom. The van der Waals surface area contributed by atoms with E-state index in [9.17, 15) is 25.0 Å². The van der Waals surface area contributed by atoms with Gasteiger partial charge in [0.15, 0.2) is 0 Å². The summed E-state index contributed by atoms with van der Waals surface area (Å²) in [4.78, 5) is 35.5. The number of para-hydroxylation sites is 1. The maximum absolute atomic E-state index is 13.1. The molecule has 0 aromatic heterocycles. The van der Waals surface area contributed by atoms with Crippen LogP contribution in [0.15, 0.2) is 42.5 Å². The lowest BCUT2D eigenvalue weighted by atomic mass is 10.0. The van der Waals surface area contributed by atoms with Crippen molar-refractivity contribution in [1.82, 2.24) is 0 Å². The molecule has 8 nitrogen and oxygen atoms in total. The largest absolute Gasteiger partial charge is 0.308 e. The number of hydrogen-bond acceptors (Lipinski definition) is 5. The lowest BCUT2D eigenvalue weighted by Gasteiger charge is -2.23. The summed E-state index contributed by atoms with van der Waals surface area (Å²) in [5, 5.41) is 22.4. The maximum atomic E-state index is 13.1. The number of rotatable bonds is 7. The third-order valence-corrected chi connectivity index (χ3v) is 4.05. The molecule has 26 heavy (non-hydrogen) atoms. The Balaban J connectivity index is 2.57. The van der Waals surface area contributed by atoms with Gasteiger partial charge >= 0.3 is 0 Å². The molecule has 0 fully saturated rings. The highest BCUT2D eigenvalue weighted by Crippen LogP contribution is 2.30. The van der Waals surface area contributed by atoms with Crippen molar-refractivity contribution in [2.45, 2.75) is 26.7 Å². The number of nitro groups is 2. The number of benzene rings is 2. The van der Waals surface area contributed by atoms with E-state index in [1.54, 1.807) is 24.3 Å². The molecule has 0 aliphatic rings. The van der Waals surface area contributed by atoms with E-state index in [-0.39, 0.29) is 11.1 Å². The minimum absolute atomic E-state index is 0.0362. The standard InChI is InChI=1S/C18H19N3O5/c1-3-4-10-19(14-8-6-5-7-9-14)18(22)16-11-15(20(23)24)12-17(13(16)2)21(25)26/h5-9,11-12H,3-4,10H2,1-2H3. The molecule has 8 heteroatoms. The molecule has 0 heterocycles. The van der Waals surface area contributed by atoms with Crippen LogP contribution in [0.2, 0.25) is 0 Å². The summed E-state index contributed by atoms with van der Waals surface area (Å²) in [6.45, 7) is 3.82. The smallest absolute Gasteiger partial charge is 0.279 e. The zero-order valence-electron chi connectivity index (χ0n) is 14.5. The molecule has 0 bridgehead atoms. The first-order chi connectivity index (χ1) is 12.4. The van der Waals surface area contributed by atoms with Crippen LogP contribution in [-0.2, 0) is 0 Å². The third-order valence-electron chi connectivity index (χ3n) is 4.05. The van der Waals surface area contributed by atoms with E-state index in [4.69, 9.17) is 0 Å². The summed E-state index contributed by atoms with van der Waals surface area (Å²) in [7, 11) is 0. The molecule has 0 aliphatic heterocycles. The molecule has 0 unspecified atom stereocenters. The van der Waals surface area contributed by atoms with Gasteiger partial charge in [0.2, 0.25) is 0 Å². The van der Waals surface area contributed by atoms with Crippen molar-refractivity contribution in [2.24, 2.45) is 0 Å². The van der Waals surface area contributed by atoms with Crippen molar-refractivity contribution in [1.29, 1.82) is 0 Å². The Labute approximate surface area is 150 Å². The van der Waals surface area contributed by atoms with Gasteiger partial charge in [-0.05, 0) is 25.5 Å². The summed E-state index contributed by atoms with van der Waals surface area (Å²) in [6, 6.07) is 10.9. The lowest BCUT2D eigenvalue weighted by Crippen LogP contribution is -2.32. The van der Waals surface area contributed by atoms with E-state index in [1.165, 1.54) is 11.8 Å². The normalized spacial score (nSPS) is 10.4. The van der Waals surface area contributed by atoms with Crippen LogP contribution in [0.3, 0.4) is 0 Å². The van der Waals surface area contributed by atoms with E-state index >= 15 is 0 Å². The van der Waals surface area contributed by atoms with Crippen LogP contribution in [0, 0.1) is 27.2 Å². The second kappa shape index (κ2) is 8.19. The van der Waals surface area contributed by atoms with Gasteiger partial charge < -0.3 is 4.90 Å². The van der Waals surface area contributed by atoms with Gasteiger partial charge in [0.1, 0.15) is 0 Å². The minimum atomic E-state index is -0.734. The van der Waals surface area contributed by atoms with Gasteiger partial charge in [-0.3, -0.25) is 25.0 Å². The van der Waals surface area contributed by atoms with Crippen LogP contribution in [0.25, 0.3) is 0 Å². The average molecular weight is 357 g/mol. The van der Waals surface area contributed by atoms with E-state index < -0.39 is 27.1 Å². The number of hydrogen-bond donors (Lipinski definition) is 0. The zero-order chi connectivity index (χ0) is 19.3. The second-order valence-electron chi connectivity index (χ2n) is 5.80. The Hall–Kier alpha value is -3.29. The molecule has 0 saturated carbocycles. The van der Waals surface area contributed by atoms with Crippen molar-refractivity contribution < 1.29 is 14.6 Å². The van der Waals surface area contributed by atoms with Crippen molar-refractivity contribution >= 4 is 23.0 Å². The van der Waals surface area contributed by atoms with Gasteiger partial charge in [-0.2, -0.15) is 0 Å². The quantitative estimate of drug-likeness (QED) is 0.543. The molecular formula is C18H19N3O5. The molecule has 0 spiro atoms. The Bertz CT molecular complexity index is 836. The van der Waals surface area contributed by atoms with Crippen LogP contribution in [0.1, 0.15) is 35.7 Å². The molecule has 0 N–H and O–H groups in total. The SMILES string of the molecule is CCCCN(C(=O)c1cc([N+](=O)[O-])cc([N+](=O)[O-])c1C)c1ccccc1. The summed E-state index contributed by atoms with van der Waals surface area (Å²) < 4.78 is 0. The molecule has 0 atom stereocenters. The minimum Gasteiger partial charge on any atom is -0.308 e. The van der Waals surface area contributed by atoms with Gasteiger partial charge in [0, 0.05) is 23.9 Å². The van der Waals surface area contributed by atoms with Crippen molar-refractivity contribution in [3.63, 3.8) is 0 Å². The first-order valence-electron chi connectivity index (χ1n) is 8.17. The molecular weight excluding hydrogens is 338 g/mol. The number of amides is 1. The van der Waals surface area contributed by atoms with Crippen LogP contribution >= 0.6 is 0 Å².